The van der Waals surface area contributed by atoms with Gasteiger partial charge >= 0.3 is 0 Å². The lowest BCUT2D eigenvalue weighted by atomic mass is 9.89. The second kappa shape index (κ2) is 6.15. The Morgan fingerprint density at radius 1 is 0.864 bits per heavy atom. The average Bonchev–Trinajstić information content (AvgIpc) is 2.44. The van der Waals surface area contributed by atoms with Crippen molar-refractivity contribution in [2.24, 2.45) is 0 Å². The maximum absolute atomic E-state index is 13.4. The summed E-state index contributed by atoms with van der Waals surface area (Å²) in [6, 6.07) is 11.7. The van der Waals surface area contributed by atoms with Gasteiger partial charge in [0.05, 0.1) is 0 Å². The molecule has 0 aliphatic heterocycles. The van der Waals surface area contributed by atoms with Gasteiger partial charge in [-0.2, -0.15) is 0 Å². The van der Waals surface area contributed by atoms with Crippen molar-refractivity contribution in [2.45, 2.75) is 52.4 Å². The van der Waals surface area contributed by atoms with E-state index in [0.717, 1.165) is 23.9 Å². The van der Waals surface area contributed by atoms with Crippen LogP contribution in [0, 0.1) is 13.8 Å². The molecule has 0 saturated carbocycles. The highest BCUT2D eigenvalue weighted by Gasteiger charge is 2.31. The Labute approximate surface area is 131 Å². The maximum Gasteiger partial charge on any atom is 0.251 e. The third-order valence-corrected chi connectivity index (χ3v) is 4.30. The Bertz CT molecular complexity index is 621. The van der Waals surface area contributed by atoms with Crippen LogP contribution >= 0.6 is 0 Å². The molecule has 0 aliphatic rings. The zero-order chi connectivity index (χ0) is 16.5. The van der Waals surface area contributed by atoms with Gasteiger partial charge in [0.25, 0.3) is 5.92 Å². The Kier molecular flexibility index (Phi) is 4.64. The summed E-state index contributed by atoms with van der Waals surface area (Å²) < 4.78 is 26.8. The van der Waals surface area contributed by atoms with Crippen molar-refractivity contribution in [3.63, 3.8) is 0 Å². The lowest BCUT2D eigenvalue weighted by molar-refractivity contribution is -0.00222. The fraction of sp³-hybridized carbons (Fsp3) is 0.421. The van der Waals surface area contributed by atoms with Crippen molar-refractivity contribution < 1.29 is 8.78 Å². The summed E-state index contributed by atoms with van der Waals surface area (Å²) in [6.07, 6.45) is 0. The van der Waals surface area contributed by atoms with E-state index in [0.29, 0.717) is 5.56 Å². The lowest BCUT2D eigenvalue weighted by Gasteiger charge is -2.20. The van der Waals surface area contributed by atoms with E-state index >= 15 is 0 Å². The molecule has 2 unspecified atom stereocenters. The van der Waals surface area contributed by atoms with Gasteiger partial charge in [0.2, 0.25) is 0 Å². The number of aryl methyl sites for hydroxylation is 2. The summed E-state index contributed by atoms with van der Waals surface area (Å²) in [5.74, 6) is -3.26. The molecule has 22 heavy (non-hydrogen) atoms. The monoisotopic (exact) mass is 303 g/mol. The number of halogens is 2. The molecule has 0 bridgehead atoms. The second-order valence-corrected chi connectivity index (χ2v) is 6.25. The van der Waals surface area contributed by atoms with Crippen LogP contribution in [0.4, 0.5) is 8.78 Å². The van der Waals surface area contributed by atoms with E-state index in [2.05, 4.69) is 24.0 Å². The van der Waals surface area contributed by atoms with Gasteiger partial charge in [-0.05, 0) is 49.6 Å². The molecule has 1 aromatic heterocycles. The molecule has 0 fully saturated rings. The van der Waals surface area contributed by atoms with Gasteiger partial charge in [-0.15, -0.1) is 0 Å². The van der Waals surface area contributed by atoms with Crippen molar-refractivity contribution in [1.29, 1.82) is 0 Å². The molecule has 2 rings (SSSR count). The van der Waals surface area contributed by atoms with Crippen LogP contribution in [0.25, 0.3) is 0 Å². The first kappa shape index (κ1) is 16.6. The fourth-order valence-electron chi connectivity index (χ4n) is 2.68. The molecule has 118 valence electrons. The summed E-state index contributed by atoms with van der Waals surface area (Å²) >= 11 is 0. The standard InChI is InChI=1S/C19H23F2N/c1-12-10-18(11-13(2)22-12)14(3)16-6-8-17(9-7-16)15(4)19(5,20)21/h6-11,14-15H,1-5H3. The third kappa shape index (κ3) is 3.70. The van der Waals surface area contributed by atoms with E-state index < -0.39 is 11.8 Å². The number of hydrogen-bond donors (Lipinski definition) is 0. The zero-order valence-electron chi connectivity index (χ0n) is 13.8. The SMILES string of the molecule is Cc1cc(C(C)c2ccc(C(C)C(C)(F)F)cc2)cc(C)n1. The molecule has 3 heteroatoms. The van der Waals surface area contributed by atoms with Crippen LogP contribution in [0.2, 0.25) is 0 Å². The number of aromatic nitrogens is 1. The molecule has 1 nitrogen and oxygen atoms in total. The first-order valence-electron chi connectivity index (χ1n) is 7.61. The normalized spacial score (nSPS) is 14.7. The van der Waals surface area contributed by atoms with Gasteiger partial charge in [-0.1, -0.05) is 38.1 Å². The topological polar surface area (TPSA) is 12.9 Å². The van der Waals surface area contributed by atoms with E-state index in [1.807, 2.05) is 38.1 Å². The Balaban J connectivity index is 2.26. The molecule has 0 spiro atoms. The van der Waals surface area contributed by atoms with E-state index in [4.69, 9.17) is 0 Å². The highest BCUT2D eigenvalue weighted by Crippen LogP contribution is 2.33. The van der Waals surface area contributed by atoms with E-state index in [1.54, 1.807) is 6.92 Å². The number of rotatable bonds is 4. The van der Waals surface area contributed by atoms with Crippen LogP contribution in [0.5, 0.6) is 0 Å². The molecule has 0 aliphatic carbocycles. The molecule has 1 aromatic carbocycles. The van der Waals surface area contributed by atoms with Crippen molar-refractivity contribution in [3.05, 3.63) is 64.5 Å². The number of pyridine rings is 1. The molecule has 2 atom stereocenters. The largest absolute Gasteiger partial charge is 0.258 e. The maximum atomic E-state index is 13.4. The van der Waals surface area contributed by atoms with Crippen LogP contribution in [0.15, 0.2) is 36.4 Å². The van der Waals surface area contributed by atoms with Crippen LogP contribution in [-0.2, 0) is 0 Å². The number of nitrogens with zero attached hydrogens (tertiary/aromatic N) is 1. The van der Waals surface area contributed by atoms with Gasteiger partial charge in [0.1, 0.15) is 0 Å². The summed E-state index contributed by atoms with van der Waals surface area (Å²) in [4.78, 5) is 4.39. The van der Waals surface area contributed by atoms with Crippen molar-refractivity contribution in [2.75, 3.05) is 0 Å². The van der Waals surface area contributed by atoms with Crippen LogP contribution < -0.4 is 0 Å². The van der Waals surface area contributed by atoms with Gasteiger partial charge < -0.3 is 0 Å². The first-order chi connectivity index (χ1) is 10.2. The quantitative estimate of drug-likeness (QED) is 0.715. The molecular formula is C19H23F2N. The summed E-state index contributed by atoms with van der Waals surface area (Å²) in [7, 11) is 0. The minimum atomic E-state index is -2.70. The highest BCUT2D eigenvalue weighted by molar-refractivity contribution is 5.35. The van der Waals surface area contributed by atoms with Gasteiger partial charge in [0.15, 0.2) is 0 Å². The Morgan fingerprint density at radius 3 is 1.77 bits per heavy atom. The molecule has 0 amide bonds. The number of hydrogen-bond acceptors (Lipinski definition) is 1. The van der Waals surface area contributed by atoms with E-state index in [1.165, 1.54) is 5.56 Å². The second-order valence-electron chi connectivity index (χ2n) is 6.25. The van der Waals surface area contributed by atoms with Crippen LogP contribution in [0.1, 0.15) is 60.7 Å². The average molecular weight is 303 g/mol. The summed E-state index contributed by atoms with van der Waals surface area (Å²) in [5, 5.41) is 0. The molecule has 0 N–H and O–H groups in total. The van der Waals surface area contributed by atoms with E-state index in [-0.39, 0.29) is 5.92 Å². The molecule has 0 radical (unpaired) electrons. The number of alkyl halides is 2. The first-order valence-corrected chi connectivity index (χ1v) is 7.61. The van der Waals surface area contributed by atoms with Crippen LogP contribution in [-0.4, -0.2) is 10.9 Å². The molecule has 2 aromatic rings. The Hall–Kier alpha value is -1.77. The predicted molar refractivity (Wildman–Crippen MR) is 86.7 cm³/mol. The van der Waals surface area contributed by atoms with Crippen molar-refractivity contribution >= 4 is 0 Å². The fourth-order valence-corrected chi connectivity index (χ4v) is 2.68. The van der Waals surface area contributed by atoms with Gasteiger partial charge in [-0.3, -0.25) is 4.98 Å². The van der Waals surface area contributed by atoms with E-state index in [9.17, 15) is 8.78 Å². The van der Waals surface area contributed by atoms with Gasteiger partial charge in [0, 0.05) is 23.2 Å². The van der Waals surface area contributed by atoms with Gasteiger partial charge in [-0.25, -0.2) is 8.78 Å². The Morgan fingerprint density at radius 2 is 1.32 bits per heavy atom. The molecular weight excluding hydrogens is 280 g/mol. The third-order valence-electron chi connectivity index (χ3n) is 4.30. The summed E-state index contributed by atoms with van der Waals surface area (Å²) in [6.45, 7) is 8.63. The summed E-state index contributed by atoms with van der Waals surface area (Å²) in [5.41, 5.74) is 4.99. The highest BCUT2D eigenvalue weighted by atomic mass is 19.3. The van der Waals surface area contributed by atoms with Crippen molar-refractivity contribution in [1.82, 2.24) is 4.98 Å². The molecule has 1 heterocycles. The molecule has 0 saturated heterocycles. The minimum Gasteiger partial charge on any atom is -0.258 e. The van der Waals surface area contributed by atoms with Crippen molar-refractivity contribution in [3.8, 4) is 0 Å². The zero-order valence-corrected chi connectivity index (χ0v) is 13.8. The van der Waals surface area contributed by atoms with Crippen LogP contribution in [0.3, 0.4) is 0 Å². The minimum absolute atomic E-state index is 0.215. The lowest BCUT2D eigenvalue weighted by Crippen LogP contribution is -2.19. The predicted octanol–water partition coefficient (Wildman–Crippen LogP) is 5.61. The smallest absolute Gasteiger partial charge is 0.251 e. The number of benzene rings is 1.